The zero-order valence-corrected chi connectivity index (χ0v) is 10.8. The van der Waals surface area contributed by atoms with Gasteiger partial charge < -0.3 is 15.0 Å². The van der Waals surface area contributed by atoms with Crippen molar-refractivity contribution < 1.29 is 14.5 Å². The molecule has 1 fully saturated rings. The fraction of sp³-hybridized carbons (Fsp3) is 0.308. The van der Waals surface area contributed by atoms with Crippen molar-refractivity contribution in [2.45, 2.75) is 0 Å². The van der Waals surface area contributed by atoms with Crippen LogP contribution >= 0.6 is 0 Å². The van der Waals surface area contributed by atoms with Crippen molar-refractivity contribution in [1.82, 2.24) is 10.2 Å². The molecule has 2 rings (SSSR count). The fourth-order valence-electron chi connectivity index (χ4n) is 1.92. The Morgan fingerprint density at radius 1 is 1.45 bits per heavy atom. The lowest BCUT2D eigenvalue weighted by atomic mass is 10.2. The van der Waals surface area contributed by atoms with Crippen LogP contribution in [-0.2, 0) is 4.74 Å². The molecule has 1 heterocycles. The number of hydrogen-bond acceptors (Lipinski definition) is 6. The molecule has 7 nitrogen and oxygen atoms in total. The molecule has 1 aromatic carbocycles. The van der Waals surface area contributed by atoms with Gasteiger partial charge in [-0.25, -0.2) is 4.79 Å². The van der Waals surface area contributed by atoms with Crippen molar-refractivity contribution in [3.05, 3.63) is 58.0 Å². The number of nitrogens with one attached hydrogen (secondary N) is 1. The second kappa shape index (κ2) is 6.55. The smallest absolute Gasteiger partial charge is 0.338 e. The van der Waals surface area contributed by atoms with Crippen molar-refractivity contribution in [3.63, 3.8) is 0 Å². The van der Waals surface area contributed by atoms with E-state index in [1.807, 2.05) is 6.07 Å². The molecule has 0 atom stereocenters. The number of carbonyl (C=O) groups excluding carboxylic acids is 1. The zero-order valence-electron chi connectivity index (χ0n) is 10.8. The summed E-state index contributed by atoms with van der Waals surface area (Å²) in [5, 5.41) is 13.4. The molecule has 1 aliphatic heterocycles. The predicted octanol–water partition coefficient (Wildman–Crippen LogP) is 0.824. The number of esters is 1. The highest BCUT2D eigenvalue weighted by Crippen LogP contribution is 2.07. The van der Waals surface area contributed by atoms with Gasteiger partial charge >= 0.3 is 5.97 Å². The Morgan fingerprint density at radius 2 is 2.20 bits per heavy atom. The molecule has 1 N–H and O–H groups in total. The predicted molar refractivity (Wildman–Crippen MR) is 71.4 cm³/mol. The lowest BCUT2D eigenvalue weighted by molar-refractivity contribution is -0.404. The van der Waals surface area contributed by atoms with Crippen molar-refractivity contribution in [3.8, 4) is 0 Å². The van der Waals surface area contributed by atoms with Gasteiger partial charge in [0.1, 0.15) is 6.61 Å². The number of ether oxygens (including phenoxy) is 1. The van der Waals surface area contributed by atoms with E-state index in [2.05, 4.69) is 5.32 Å². The molecule has 0 saturated carbocycles. The molecule has 0 spiro atoms. The number of rotatable bonds is 5. The first kappa shape index (κ1) is 13.9. The minimum atomic E-state index is -0.503. The summed E-state index contributed by atoms with van der Waals surface area (Å²) in [5.41, 5.74) is 0.494. The summed E-state index contributed by atoms with van der Waals surface area (Å²) in [5.74, 6) is 0.0586. The molecule has 7 heteroatoms. The summed E-state index contributed by atoms with van der Waals surface area (Å²) < 4.78 is 5.14. The van der Waals surface area contributed by atoms with Crippen molar-refractivity contribution >= 4 is 5.97 Å². The molecule has 106 valence electrons. The molecule has 0 radical (unpaired) electrons. The number of hydrogen-bond donors (Lipinski definition) is 1. The molecular weight excluding hydrogens is 262 g/mol. The van der Waals surface area contributed by atoms with Gasteiger partial charge in [0.25, 0.3) is 6.20 Å². The maximum absolute atomic E-state index is 11.7. The van der Waals surface area contributed by atoms with Gasteiger partial charge in [-0.05, 0) is 12.1 Å². The standard InChI is InChI=1S/C13H15N3O4/c17-13(11-4-2-1-3-5-11)20-9-8-15-7-6-14-12(15)10-16(18)19/h1-5,10,14H,6-9H2/b12-10+. The molecular formula is C13H15N3O4. The zero-order chi connectivity index (χ0) is 14.4. The molecule has 20 heavy (non-hydrogen) atoms. The van der Waals surface area contributed by atoms with Gasteiger partial charge in [-0.15, -0.1) is 0 Å². The Bertz CT molecular complexity index is 516. The quantitative estimate of drug-likeness (QED) is 0.487. The molecule has 1 aliphatic rings. The SMILES string of the molecule is O=C(OCCN1CCN/C1=C\[N+](=O)[O-])c1ccccc1. The average molecular weight is 277 g/mol. The second-order valence-corrected chi connectivity index (χ2v) is 4.22. The summed E-state index contributed by atoms with van der Waals surface area (Å²) in [7, 11) is 0. The first-order chi connectivity index (χ1) is 9.66. The molecule has 1 aromatic rings. The summed E-state index contributed by atoms with van der Waals surface area (Å²) in [6, 6.07) is 8.70. The number of nitro groups is 1. The van der Waals surface area contributed by atoms with Crippen LogP contribution in [0.15, 0.2) is 42.4 Å². The average Bonchev–Trinajstić information content (AvgIpc) is 2.86. The molecule has 0 amide bonds. The highest BCUT2D eigenvalue weighted by molar-refractivity contribution is 5.89. The molecule has 0 unspecified atom stereocenters. The third kappa shape index (κ3) is 3.71. The van der Waals surface area contributed by atoms with Crippen LogP contribution in [0.1, 0.15) is 10.4 Å². The van der Waals surface area contributed by atoms with E-state index in [9.17, 15) is 14.9 Å². The molecule has 1 saturated heterocycles. The molecule has 0 aliphatic carbocycles. The normalized spacial score (nSPS) is 16.0. The number of carbonyl (C=O) groups is 1. The maximum Gasteiger partial charge on any atom is 0.338 e. The molecule has 0 aromatic heterocycles. The minimum Gasteiger partial charge on any atom is -0.460 e. The van der Waals surface area contributed by atoms with E-state index < -0.39 is 10.9 Å². The van der Waals surface area contributed by atoms with Gasteiger partial charge in [0.15, 0.2) is 5.82 Å². The lowest BCUT2D eigenvalue weighted by Gasteiger charge is -2.16. The van der Waals surface area contributed by atoms with E-state index in [0.29, 0.717) is 31.0 Å². The Hall–Kier alpha value is -2.57. The lowest BCUT2D eigenvalue weighted by Crippen LogP contribution is -2.26. The first-order valence-corrected chi connectivity index (χ1v) is 6.23. The van der Waals surface area contributed by atoms with Gasteiger partial charge in [0, 0.05) is 13.1 Å². The van der Waals surface area contributed by atoms with E-state index in [0.717, 1.165) is 6.20 Å². The Morgan fingerprint density at radius 3 is 2.90 bits per heavy atom. The van der Waals surface area contributed by atoms with E-state index in [1.54, 1.807) is 29.2 Å². The van der Waals surface area contributed by atoms with E-state index in [1.165, 1.54) is 0 Å². The Labute approximate surface area is 116 Å². The number of benzene rings is 1. The van der Waals surface area contributed by atoms with Crippen molar-refractivity contribution in [2.24, 2.45) is 0 Å². The second-order valence-electron chi connectivity index (χ2n) is 4.22. The third-order valence-electron chi connectivity index (χ3n) is 2.86. The van der Waals surface area contributed by atoms with Crippen LogP contribution < -0.4 is 5.32 Å². The van der Waals surface area contributed by atoms with Crippen LogP contribution in [0.3, 0.4) is 0 Å². The van der Waals surface area contributed by atoms with Crippen molar-refractivity contribution in [1.29, 1.82) is 0 Å². The van der Waals surface area contributed by atoms with Crippen LogP contribution in [0.4, 0.5) is 0 Å². The minimum absolute atomic E-state index is 0.185. The number of nitrogens with zero attached hydrogens (tertiary/aromatic N) is 2. The summed E-state index contributed by atoms with van der Waals surface area (Å²) in [6.45, 7) is 1.91. The van der Waals surface area contributed by atoms with Crippen LogP contribution in [-0.4, -0.2) is 42.0 Å². The highest BCUT2D eigenvalue weighted by Gasteiger charge is 2.19. The first-order valence-electron chi connectivity index (χ1n) is 6.23. The highest BCUT2D eigenvalue weighted by atomic mass is 16.6. The maximum atomic E-state index is 11.7. The van der Waals surface area contributed by atoms with Gasteiger partial charge in [-0.2, -0.15) is 0 Å². The fourth-order valence-corrected chi connectivity index (χ4v) is 1.92. The summed E-state index contributed by atoms with van der Waals surface area (Å²) in [6.07, 6.45) is 0.923. The van der Waals surface area contributed by atoms with Gasteiger partial charge in [0.05, 0.1) is 17.0 Å². The van der Waals surface area contributed by atoms with Gasteiger partial charge in [-0.1, -0.05) is 18.2 Å². The Kier molecular flexibility index (Phi) is 4.54. The van der Waals surface area contributed by atoms with E-state index in [-0.39, 0.29) is 6.61 Å². The van der Waals surface area contributed by atoms with Crippen LogP contribution in [0.5, 0.6) is 0 Å². The van der Waals surface area contributed by atoms with Crippen LogP contribution in [0.25, 0.3) is 0 Å². The largest absolute Gasteiger partial charge is 0.460 e. The Balaban J connectivity index is 1.81. The topological polar surface area (TPSA) is 84.7 Å². The molecule has 0 bridgehead atoms. The van der Waals surface area contributed by atoms with E-state index in [4.69, 9.17) is 4.74 Å². The van der Waals surface area contributed by atoms with Crippen LogP contribution in [0.2, 0.25) is 0 Å². The van der Waals surface area contributed by atoms with Gasteiger partial charge in [-0.3, -0.25) is 10.1 Å². The summed E-state index contributed by atoms with van der Waals surface area (Å²) in [4.78, 5) is 23.4. The third-order valence-corrected chi connectivity index (χ3v) is 2.86. The van der Waals surface area contributed by atoms with E-state index >= 15 is 0 Å². The summed E-state index contributed by atoms with van der Waals surface area (Å²) >= 11 is 0. The monoisotopic (exact) mass is 277 g/mol. The van der Waals surface area contributed by atoms with Crippen molar-refractivity contribution in [2.75, 3.05) is 26.2 Å². The van der Waals surface area contributed by atoms with Gasteiger partial charge in [0.2, 0.25) is 0 Å². The van der Waals surface area contributed by atoms with Crippen LogP contribution in [0, 0.1) is 10.1 Å².